The Hall–Kier alpha value is -2.16. The van der Waals surface area contributed by atoms with E-state index in [1.54, 1.807) is 24.9 Å². The van der Waals surface area contributed by atoms with E-state index in [4.69, 9.17) is 9.84 Å². The minimum Gasteiger partial charge on any atom is -0.479 e. The third-order valence-corrected chi connectivity index (χ3v) is 3.35. The molecule has 1 aliphatic heterocycles. The van der Waals surface area contributed by atoms with Crippen molar-refractivity contribution >= 4 is 12.0 Å². The molecule has 1 aliphatic rings. The average Bonchev–Trinajstić information content (AvgIpc) is 3.04. The predicted octanol–water partition coefficient (Wildman–Crippen LogP) is -0.192. The highest BCUT2D eigenvalue weighted by Crippen LogP contribution is 2.19. The van der Waals surface area contributed by atoms with Crippen molar-refractivity contribution in [2.24, 2.45) is 7.05 Å². The van der Waals surface area contributed by atoms with E-state index in [9.17, 15) is 9.59 Å². The minimum atomic E-state index is -0.960. The molecule has 1 aromatic heterocycles. The molecule has 2 amide bonds. The van der Waals surface area contributed by atoms with Gasteiger partial charge in [0.1, 0.15) is 6.33 Å². The molecular formula is C12H19N5O4. The van der Waals surface area contributed by atoms with E-state index < -0.39 is 12.1 Å². The van der Waals surface area contributed by atoms with Crippen LogP contribution < -0.4 is 10.6 Å². The van der Waals surface area contributed by atoms with Crippen LogP contribution >= 0.6 is 0 Å². The third kappa shape index (κ3) is 3.91. The van der Waals surface area contributed by atoms with E-state index in [0.29, 0.717) is 18.7 Å². The van der Waals surface area contributed by atoms with Crippen LogP contribution in [0.1, 0.15) is 31.6 Å². The van der Waals surface area contributed by atoms with Gasteiger partial charge in [-0.3, -0.25) is 0 Å². The number of aromatic nitrogens is 3. The number of nitrogens with zero attached hydrogens (tertiary/aromatic N) is 3. The maximum Gasteiger partial charge on any atom is 0.332 e. The second-order valence-corrected chi connectivity index (χ2v) is 5.04. The first-order chi connectivity index (χ1) is 9.97. The fourth-order valence-corrected chi connectivity index (χ4v) is 2.24. The van der Waals surface area contributed by atoms with Crippen LogP contribution in [-0.4, -0.2) is 50.6 Å². The van der Waals surface area contributed by atoms with Gasteiger partial charge in [0.15, 0.2) is 11.9 Å². The van der Waals surface area contributed by atoms with Crippen molar-refractivity contribution in [1.29, 1.82) is 0 Å². The molecule has 2 rings (SSSR count). The zero-order valence-corrected chi connectivity index (χ0v) is 11.9. The molecule has 1 aromatic rings. The Kier molecular flexibility index (Phi) is 4.73. The van der Waals surface area contributed by atoms with E-state index in [1.165, 1.54) is 0 Å². The number of ether oxygens (including phenoxy) is 1. The maximum atomic E-state index is 11.8. The number of hydrogen-bond acceptors (Lipinski definition) is 5. The maximum absolute atomic E-state index is 11.8. The van der Waals surface area contributed by atoms with Gasteiger partial charge in [-0.25, -0.2) is 9.59 Å². The third-order valence-electron chi connectivity index (χ3n) is 3.35. The zero-order valence-electron chi connectivity index (χ0n) is 11.9. The molecule has 0 saturated carbocycles. The lowest BCUT2D eigenvalue weighted by Crippen LogP contribution is -2.41. The summed E-state index contributed by atoms with van der Waals surface area (Å²) >= 11 is 0. The van der Waals surface area contributed by atoms with Gasteiger partial charge in [0.05, 0.1) is 12.1 Å². The molecule has 116 valence electrons. The summed E-state index contributed by atoms with van der Waals surface area (Å²) in [5.74, 6) is -0.314. The van der Waals surface area contributed by atoms with Crippen molar-refractivity contribution in [1.82, 2.24) is 25.4 Å². The van der Waals surface area contributed by atoms with Gasteiger partial charge in [0, 0.05) is 13.6 Å². The number of carboxylic acids is 1. The molecule has 0 bridgehead atoms. The molecule has 0 radical (unpaired) electrons. The van der Waals surface area contributed by atoms with Gasteiger partial charge in [0.25, 0.3) is 0 Å². The van der Waals surface area contributed by atoms with Crippen LogP contribution in [0.4, 0.5) is 4.79 Å². The van der Waals surface area contributed by atoms with Crippen molar-refractivity contribution < 1.29 is 19.4 Å². The van der Waals surface area contributed by atoms with E-state index in [2.05, 4.69) is 20.8 Å². The Morgan fingerprint density at radius 1 is 1.57 bits per heavy atom. The van der Waals surface area contributed by atoms with Gasteiger partial charge in [-0.2, -0.15) is 0 Å². The van der Waals surface area contributed by atoms with Crippen LogP contribution in [0.2, 0.25) is 0 Å². The molecule has 2 heterocycles. The van der Waals surface area contributed by atoms with Gasteiger partial charge in [-0.05, 0) is 19.8 Å². The molecule has 0 aliphatic carbocycles. The van der Waals surface area contributed by atoms with Crippen LogP contribution in [0.15, 0.2) is 6.33 Å². The van der Waals surface area contributed by atoms with Crippen LogP contribution in [0.3, 0.4) is 0 Å². The molecule has 21 heavy (non-hydrogen) atoms. The lowest BCUT2D eigenvalue weighted by molar-refractivity contribution is -0.149. The average molecular weight is 297 g/mol. The van der Waals surface area contributed by atoms with Gasteiger partial charge >= 0.3 is 12.0 Å². The molecule has 1 saturated heterocycles. The smallest absolute Gasteiger partial charge is 0.332 e. The Morgan fingerprint density at radius 3 is 2.90 bits per heavy atom. The van der Waals surface area contributed by atoms with E-state index >= 15 is 0 Å². The second-order valence-electron chi connectivity index (χ2n) is 5.04. The number of carboxylic acid groups (broad SMARTS) is 1. The molecule has 3 unspecified atom stereocenters. The summed E-state index contributed by atoms with van der Waals surface area (Å²) < 4.78 is 7.03. The number of rotatable bonds is 5. The van der Waals surface area contributed by atoms with E-state index in [0.717, 1.165) is 0 Å². The minimum absolute atomic E-state index is 0.262. The lowest BCUT2D eigenvalue weighted by Gasteiger charge is -2.16. The fraction of sp³-hybridized carbons (Fsp3) is 0.667. The first kappa shape index (κ1) is 15.2. The van der Waals surface area contributed by atoms with Crippen LogP contribution in [0.5, 0.6) is 0 Å². The number of hydrogen-bond donors (Lipinski definition) is 3. The Balaban J connectivity index is 1.73. The van der Waals surface area contributed by atoms with Crippen molar-refractivity contribution in [3.05, 3.63) is 12.2 Å². The summed E-state index contributed by atoms with van der Waals surface area (Å²) in [7, 11) is 1.80. The Bertz CT molecular complexity index is 518. The molecule has 3 atom stereocenters. The van der Waals surface area contributed by atoms with Crippen molar-refractivity contribution in [2.75, 3.05) is 6.54 Å². The van der Waals surface area contributed by atoms with Crippen molar-refractivity contribution in [3.8, 4) is 0 Å². The Morgan fingerprint density at radius 2 is 2.33 bits per heavy atom. The molecule has 9 nitrogen and oxygen atoms in total. The number of carbonyl (C=O) groups is 2. The first-order valence-corrected chi connectivity index (χ1v) is 6.74. The zero-order chi connectivity index (χ0) is 15.4. The highest BCUT2D eigenvalue weighted by atomic mass is 16.5. The largest absolute Gasteiger partial charge is 0.479 e. The number of aryl methyl sites for hydroxylation is 1. The number of nitrogens with one attached hydrogen (secondary N) is 2. The monoisotopic (exact) mass is 297 g/mol. The Labute approximate surface area is 121 Å². The van der Waals surface area contributed by atoms with Crippen molar-refractivity contribution in [3.63, 3.8) is 0 Å². The summed E-state index contributed by atoms with van der Waals surface area (Å²) in [5, 5.41) is 21.9. The summed E-state index contributed by atoms with van der Waals surface area (Å²) in [6, 6.07) is -0.637. The summed E-state index contributed by atoms with van der Waals surface area (Å²) in [6.45, 7) is 2.08. The van der Waals surface area contributed by atoms with E-state index in [1.807, 2.05) is 0 Å². The molecule has 9 heteroatoms. The topological polar surface area (TPSA) is 118 Å². The number of urea groups is 1. The van der Waals surface area contributed by atoms with Crippen LogP contribution in [0, 0.1) is 0 Å². The number of aliphatic carboxylic acids is 1. The van der Waals surface area contributed by atoms with Gasteiger partial charge < -0.3 is 25.0 Å². The number of carbonyl (C=O) groups excluding carboxylic acids is 1. The number of amides is 2. The standard InChI is InChI=1S/C12H19N5O4/c1-7(10-16-14-6-17(10)2)15-12(20)13-5-8-3-4-9(21-8)11(18)19/h6-9H,3-5H2,1-2H3,(H,18,19)(H2,13,15,20). The molecule has 3 N–H and O–H groups in total. The van der Waals surface area contributed by atoms with Gasteiger partial charge in [0.2, 0.25) is 0 Å². The van der Waals surface area contributed by atoms with Crippen LogP contribution in [-0.2, 0) is 16.6 Å². The van der Waals surface area contributed by atoms with Crippen molar-refractivity contribution in [2.45, 2.75) is 38.0 Å². The first-order valence-electron chi connectivity index (χ1n) is 6.74. The molecular weight excluding hydrogens is 278 g/mol. The summed E-state index contributed by atoms with van der Waals surface area (Å²) in [4.78, 5) is 22.5. The molecule has 1 fully saturated rings. The highest BCUT2D eigenvalue weighted by molar-refractivity contribution is 5.74. The molecule has 0 spiro atoms. The van der Waals surface area contributed by atoms with Gasteiger partial charge in [-0.1, -0.05) is 0 Å². The van der Waals surface area contributed by atoms with Crippen LogP contribution in [0.25, 0.3) is 0 Å². The summed E-state index contributed by atoms with van der Waals surface area (Å²) in [5.41, 5.74) is 0. The fourth-order valence-electron chi connectivity index (χ4n) is 2.24. The quantitative estimate of drug-likeness (QED) is 0.693. The SMILES string of the molecule is CC(NC(=O)NCC1CCC(C(=O)O)O1)c1nncn1C. The molecule has 0 aromatic carbocycles. The highest BCUT2D eigenvalue weighted by Gasteiger charge is 2.30. The predicted molar refractivity (Wildman–Crippen MR) is 71.5 cm³/mol. The lowest BCUT2D eigenvalue weighted by atomic mass is 10.2. The summed E-state index contributed by atoms with van der Waals surface area (Å²) in [6.07, 6.45) is 1.62. The van der Waals surface area contributed by atoms with E-state index in [-0.39, 0.29) is 24.7 Å². The van der Waals surface area contributed by atoms with Gasteiger partial charge in [-0.15, -0.1) is 10.2 Å². The normalized spacial score (nSPS) is 22.8. The second kappa shape index (κ2) is 6.53.